The molecule has 1 saturated heterocycles. The van der Waals surface area contributed by atoms with Crippen molar-refractivity contribution in [2.24, 2.45) is 23.7 Å². The second-order valence-corrected chi connectivity index (χ2v) is 8.46. The zero-order chi connectivity index (χ0) is 19.3. The Morgan fingerprint density at radius 1 is 1.37 bits per heavy atom. The number of ether oxygens (including phenoxy) is 3. The van der Waals surface area contributed by atoms with Gasteiger partial charge in [-0.1, -0.05) is 27.5 Å². The fraction of sp³-hybridized carbons (Fsp3) is 0.500. The fourth-order valence-electron chi connectivity index (χ4n) is 4.49. The van der Waals surface area contributed by atoms with Crippen molar-refractivity contribution >= 4 is 51.1 Å². The zero-order valence-corrected chi connectivity index (χ0v) is 16.7. The Hall–Kier alpha value is -1.80. The van der Waals surface area contributed by atoms with Crippen LogP contribution < -0.4 is 10.1 Å². The molecule has 0 spiro atoms. The molecule has 6 atom stereocenters. The molecule has 1 aliphatic heterocycles. The number of carbonyl (C=O) groups excluding carboxylic acids is 3. The molecule has 2 saturated carbocycles. The summed E-state index contributed by atoms with van der Waals surface area (Å²) < 4.78 is 15.7. The number of benzene rings is 1. The van der Waals surface area contributed by atoms with E-state index in [1.165, 1.54) is 7.11 Å². The summed E-state index contributed by atoms with van der Waals surface area (Å²) in [5.41, 5.74) is 0.383. The van der Waals surface area contributed by atoms with Gasteiger partial charge in [0.1, 0.15) is 11.9 Å². The minimum Gasteiger partial charge on any atom is -0.495 e. The largest absolute Gasteiger partial charge is 0.495 e. The standard InChI is InChI=1S/C18H17BrClNO6/c1-25-11-3-2-7(20)4-10(11)21-12(22)6-26-17(23)13-8-5-9-14(13)18(24)27-16(9)15(8)19/h2-4,8-9,13-16H,5-6H2,1H3,(H,21,22)/t8-,9-,13-,14+,15+,16+/m1/s1. The summed E-state index contributed by atoms with van der Waals surface area (Å²) in [7, 11) is 1.47. The summed E-state index contributed by atoms with van der Waals surface area (Å²) in [6.45, 7) is -0.458. The van der Waals surface area contributed by atoms with E-state index in [0.717, 1.165) is 6.42 Å². The van der Waals surface area contributed by atoms with Crippen LogP contribution in [0.3, 0.4) is 0 Å². The van der Waals surface area contributed by atoms with Gasteiger partial charge in [0, 0.05) is 10.9 Å². The van der Waals surface area contributed by atoms with E-state index in [9.17, 15) is 14.4 Å². The van der Waals surface area contributed by atoms with Crippen molar-refractivity contribution in [3.63, 3.8) is 0 Å². The number of alkyl halides is 1. The van der Waals surface area contributed by atoms with Gasteiger partial charge in [-0.3, -0.25) is 14.4 Å². The average molecular weight is 459 g/mol. The summed E-state index contributed by atoms with van der Waals surface area (Å²) >= 11 is 9.47. The number of fused-ring (bicyclic) bond motifs is 1. The lowest BCUT2D eigenvalue weighted by molar-refractivity contribution is -0.157. The van der Waals surface area contributed by atoms with Crippen LogP contribution in [0.25, 0.3) is 0 Å². The SMILES string of the molecule is COc1ccc(Cl)cc1NC(=O)COC(=O)[C@@H]1[C@H]2C[C@H]3[C@H](OC(=O)[C@@H]31)[C@H]2Br. The molecule has 1 aromatic carbocycles. The van der Waals surface area contributed by atoms with E-state index in [1.807, 2.05) is 0 Å². The van der Waals surface area contributed by atoms with E-state index >= 15 is 0 Å². The van der Waals surface area contributed by atoms with Crippen molar-refractivity contribution in [3.05, 3.63) is 23.2 Å². The Morgan fingerprint density at radius 3 is 2.89 bits per heavy atom. The number of anilines is 1. The van der Waals surface area contributed by atoms with Gasteiger partial charge in [0.25, 0.3) is 5.91 Å². The minimum atomic E-state index is -0.570. The highest BCUT2D eigenvalue weighted by atomic mass is 79.9. The molecule has 3 aliphatic rings. The normalized spacial score (nSPS) is 32.9. The number of hydrogen-bond acceptors (Lipinski definition) is 6. The number of amides is 1. The highest BCUT2D eigenvalue weighted by Crippen LogP contribution is 2.60. The molecule has 144 valence electrons. The first-order valence-corrected chi connectivity index (χ1v) is 9.84. The molecule has 9 heteroatoms. The highest BCUT2D eigenvalue weighted by molar-refractivity contribution is 9.09. The Kier molecular flexibility index (Phi) is 4.80. The maximum Gasteiger partial charge on any atom is 0.310 e. The number of rotatable bonds is 5. The number of hydrogen-bond donors (Lipinski definition) is 1. The number of halogens is 2. The van der Waals surface area contributed by atoms with E-state index in [4.69, 9.17) is 25.8 Å². The molecule has 1 amide bonds. The molecule has 0 aromatic heterocycles. The van der Waals surface area contributed by atoms with Gasteiger partial charge in [-0.2, -0.15) is 0 Å². The van der Waals surface area contributed by atoms with Gasteiger partial charge in [0.15, 0.2) is 6.61 Å². The number of carbonyl (C=O) groups is 3. The maximum atomic E-state index is 12.6. The van der Waals surface area contributed by atoms with E-state index in [1.54, 1.807) is 18.2 Å². The minimum absolute atomic E-state index is 0.0139. The fourth-order valence-corrected chi connectivity index (χ4v) is 5.71. The summed E-state index contributed by atoms with van der Waals surface area (Å²) in [6, 6.07) is 4.80. The number of nitrogens with one attached hydrogen (secondary N) is 1. The molecular formula is C18H17BrClNO6. The summed E-state index contributed by atoms with van der Waals surface area (Å²) in [4.78, 5) is 36.8. The van der Waals surface area contributed by atoms with Crippen LogP contribution in [0.2, 0.25) is 5.02 Å². The Bertz CT molecular complexity index is 817. The lowest BCUT2D eigenvalue weighted by atomic mass is 9.80. The molecule has 0 unspecified atom stereocenters. The van der Waals surface area contributed by atoms with Crippen molar-refractivity contribution in [2.45, 2.75) is 17.4 Å². The van der Waals surface area contributed by atoms with Crippen LogP contribution >= 0.6 is 27.5 Å². The Balaban J connectivity index is 1.38. The van der Waals surface area contributed by atoms with Gasteiger partial charge in [0.05, 0.1) is 29.5 Å². The molecule has 2 aliphatic carbocycles. The van der Waals surface area contributed by atoms with Crippen LogP contribution in [-0.2, 0) is 23.9 Å². The second-order valence-electron chi connectivity index (χ2n) is 6.96. The van der Waals surface area contributed by atoms with Crippen LogP contribution in [0, 0.1) is 23.7 Å². The van der Waals surface area contributed by atoms with E-state index in [0.29, 0.717) is 16.5 Å². The molecular weight excluding hydrogens is 442 g/mol. The predicted molar refractivity (Wildman–Crippen MR) is 98.8 cm³/mol. The molecule has 1 heterocycles. The molecule has 2 bridgehead atoms. The zero-order valence-electron chi connectivity index (χ0n) is 14.3. The third kappa shape index (κ3) is 3.08. The van der Waals surface area contributed by atoms with Crippen LogP contribution in [0.4, 0.5) is 5.69 Å². The molecule has 27 heavy (non-hydrogen) atoms. The van der Waals surface area contributed by atoms with Crippen molar-refractivity contribution in [1.29, 1.82) is 0 Å². The van der Waals surface area contributed by atoms with Crippen molar-refractivity contribution < 1.29 is 28.6 Å². The summed E-state index contributed by atoms with van der Waals surface area (Å²) in [5, 5.41) is 3.04. The van der Waals surface area contributed by atoms with Crippen molar-refractivity contribution in [3.8, 4) is 5.75 Å². The van der Waals surface area contributed by atoms with Gasteiger partial charge in [-0.25, -0.2) is 0 Å². The average Bonchev–Trinajstić information content (AvgIpc) is 3.24. The third-order valence-corrected chi connectivity index (χ3v) is 7.01. The molecule has 3 fully saturated rings. The topological polar surface area (TPSA) is 90.9 Å². The van der Waals surface area contributed by atoms with Gasteiger partial charge < -0.3 is 19.5 Å². The first kappa shape index (κ1) is 18.6. The summed E-state index contributed by atoms with van der Waals surface area (Å²) in [5.74, 6) is -1.96. The first-order valence-electron chi connectivity index (χ1n) is 8.55. The van der Waals surface area contributed by atoms with E-state index in [-0.39, 0.29) is 28.7 Å². The third-order valence-electron chi connectivity index (χ3n) is 5.58. The Labute approximate surface area is 168 Å². The van der Waals surface area contributed by atoms with Crippen LogP contribution in [0.15, 0.2) is 18.2 Å². The Morgan fingerprint density at radius 2 is 2.15 bits per heavy atom. The molecule has 4 rings (SSSR count). The lowest BCUT2D eigenvalue weighted by Crippen LogP contribution is -2.39. The van der Waals surface area contributed by atoms with Gasteiger partial charge in [-0.15, -0.1) is 0 Å². The maximum absolute atomic E-state index is 12.6. The van der Waals surface area contributed by atoms with Crippen LogP contribution in [0.1, 0.15) is 6.42 Å². The molecule has 7 nitrogen and oxygen atoms in total. The predicted octanol–water partition coefficient (Wildman–Crippen LogP) is 2.40. The summed E-state index contributed by atoms with van der Waals surface area (Å²) in [6.07, 6.45) is 0.595. The quantitative estimate of drug-likeness (QED) is 0.538. The first-order chi connectivity index (χ1) is 12.9. The number of methoxy groups -OCH3 is 1. The van der Waals surface area contributed by atoms with Gasteiger partial charge >= 0.3 is 11.9 Å². The van der Waals surface area contributed by atoms with Crippen LogP contribution in [0.5, 0.6) is 5.75 Å². The second kappa shape index (κ2) is 6.98. The lowest BCUT2D eigenvalue weighted by Gasteiger charge is -2.26. The van der Waals surface area contributed by atoms with Crippen molar-refractivity contribution in [2.75, 3.05) is 19.0 Å². The molecule has 0 radical (unpaired) electrons. The van der Waals surface area contributed by atoms with E-state index < -0.39 is 30.3 Å². The van der Waals surface area contributed by atoms with E-state index in [2.05, 4.69) is 21.2 Å². The highest BCUT2D eigenvalue weighted by Gasteiger charge is 2.68. The van der Waals surface area contributed by atoms with Gasteiger partial charge in [-0.05, 0) is 30.5 Å². The molecule has 1 aromatic rings. The molecule has 1 N–H and O–H groups in total. The van der Waals surface area contributed by atoms with Gasteiger partial charge in [0.2, 0.25) is 0 Å². The van der Waals surface area contributed by atoms with Crippen LogP contribution in [-0.4, -0.2) is 42.5 Å². The van der Waals surface area contributed by atoms with Crippen molar-refractivity contribution in [1.82, 2.24) is 0 Å². The number of esters is 2. The smallest absolute Gasteiger partial charge is 0.310 e. The monoisotopic (exact) mass is 457 g/mol.